The summed E-state index contributed by atoms with van der Waals surface area (Å²) < 4.78 is 68.6. The first-order chi connectivity index (χ1) is 22.9. The van der Waals surface area contributed by atoms with Crippen LogP contribution >= 0.6 is 46.4 Å². The molecule has 0 saturated heterocycles. The molecule has 0 bridgehead atoms. The van der Waals surface area contributed by atoms with E-state index in [1.165, 1.54) is 53.7 Å². The Bertz CT molecular complexity index is 1870. The van der Waals surface area contributed by atoms with Gasteiger partial charge in [-0.25, -0.2) is 27.2 Å². The smallest absolute Gasteiger partial charge is 0.424 e. The van der Waals surface area contributed by atoms with Crippen molar-refractivity contribution in [2.75, 3.05) is 10.2 Å². The Morgan fingerprint density at radius 2 is 1.38 bits per heavy atom. The number of ketones is 1. The summed E-state index contributed by atoms with van der Waals surface area (Å²) in [5.74, 6) is -8.34. The van der Waals surface area contributed by atoms with E-state index < -0.39 is 103 Å². The number of benzene rings is 3. The molecule has 0 aliphatic heterocycles. The highest BCUT2D eigenvalue weighted by molar-refractivity contribution is 6.53. The normalized spacial score (nSPS) is 16.8. The average Bonchev–Trinajstić information content (AvgIpc) is 3.55. The molecule has 1 aliphatic rings. The van der Waals surface area contributed by atoms with Crippen LogP contribution in [0.2, 0.25) is 10.0 Å². The SMILES string of the molecule is CC(C)(C)OC(=O)N(C(=O)OC(C)(C)C)c1c(F)ccc(CC(=O)c2cc(NC(=O)C3C(c4ccc(F)c(Cl)c4)C3(Cl)Cl)cc(F)c2Cl)c1F. The van der Waals surface area contributed by atoms with Gasteiger partial charge in [-0.1, -0.05) is 35.3 Å². The van der Waals surface area contributed by atoms with Crippen molar-refractivity contribution in [2.45, 2.75) is 69.4 Å². The van der Waals surface area contributed by atoms with Crippen LogP contribution in [0.3, 0.4) is 0 Å². The summed E-state index contributed by atoms with van der Waals surface area (Å²) in [5.41, 5.74) is -4.44. The van der Waals surface area contributed by atoms with Gasteiger partial charge in [0.1, 0.15) is 32.9 Å². The maximum atomic E-state index is 16.0. The van der Waals surface area contributed by atoms with Crippen LogP contribution in [-0.2, 0) is 20.7 Å². The van der Waals surface area contributed by atoms with Gasteiger partial charge in [0.05, 0.1) is 16.0 Å². The fraction of sp³-hybridized carbons (Fsp3) is 0.353. The number of anilines is 2. The van der Waals surface area contributed by atoms with Crippen molar-refractivity contribution in [3.8, 4) is 0 Å². The fourth-order valence-electron chi connectivity index (χ4n) is 4.92. The Kier molecular flexibility index (Phi) is 11.1. The first-order valence-corrected chi connectivity index (χ1v) is 16.3. The Morgan fingerprint density at radius 1 is 0.820 bits per heavy atom. The van der Waals surface area contributed by atoms with Crippen LogP contribution in [0, 0.1) is 29.2 Å². The summed E-state index contributed by atoms with van der Waals surface area (Å²) in [5, 5.41) is 1.53. The summed E-state index contributed by atoms with van der Waals surface area (Å²) >= 11 is 24.6. The summed E-state index contributed by atoms with van der Waals surface area (Å²) in [4.78, 5) is 52.7. The third-order valence-corrected chi connectivity index (χ3v) is 8.72. The topological polar surface area (TPSA) is 102 Å². The molecule has 0 aromatic heterocycles. The molecule has 0 heterocycles. The van der Waals surface area contributed by atoms with Gasteiger partial charge >= 0.3 is 12.2 Å². The van der Waals surface area contributed by atoms with Crippen molar-refractivity contribution in [3.05, 3.63) is 92.5 Å². The number of nitrogens with one attached hydrogen (secondary N) is 1. The minimum Gasteiger partial charge on any atom is -0.443 e. The molecule has 1 N–H and O–H groups in total. The van der Waals surface area contributed by atoms with Gasteiger partial charge in [0.15, 0.2) is 17.4 Å². The van der Waals surface area contributed by atoms with Gasteiger partial charge in [-0.15, -0.1) is 23.2 Å². The summed E-state index contributed by atoms with van der Waals surface area (Å²) in [6.07, 6.45) is -3.78. The number of halogens is 8. The molecule has 3 aromatic rings. The number of carbonyl (C=O) groups is 4. The molecule has 268 valence electrons. The Balaban J connectivity index is 1.63. The van der Waals surface area contributed by atoms with Crippen molar-refractivity contribution < 1.29 is 46.2 Å². The summed E-state index contributed by atoms with van der Waals surface area (Å²) in [7, 11) is 0. The van der Waals surface area contributed by atoms with Crippen LogP contribution < -0.4 is 10.2 Å². The molecule has 1 fully saturated rings. The van der Waals surface area contributed by atoms with Crippen molar-refractivity contribution >= 4 is 81.7 Å². The number of nitrogens with zero attached hydrogens (tertiary/aromatic N) is 1. The van der Waals surface area contributed by atoms with E-state index in [0.717, 1.165) is 24.3 Å². The molecule has 2 unspecified atom stereocenters. The Labute approximate surface area is 304 Å². The highest BCUT2D eigenvalue weighted by atomic mass is 35.5. The molecule has 8 nitrogen and oxygen atoms in total. The van der Waals surface area contributed by atoms with E-state index in [1.807, 2.05) is 0 Å². The molecular formula is C34H30Cl4F4N2O6. The molecule has 3 amide bonds. The van der Waals surface area contributed by atoms with E-state index in [4.69, 9.17) is 55.9 Å². The van der Waals surface area contributed by atoms with Gasteiger partial charge < -0.3 is 14.8 Å². The van der Waals surface area contributed by atoms with E-state index in [-0.39, 0.29) is 15.6 Å². The standard InChI is InChI=1S/C34H30Cl4F4N2O6/c1-32(2,3)49-30(47)44(31(48)50-33(4,5)6)28-21(40)10-8-16(27(28)42)12-23(45)18-13-17(14-22(41)26(18)36)43-29(46)25-24(34(25,37)38)15-7-9-20(39)19(35)11-15/h7-11,13-14,24-25H,12H2,1-6H3,(H,43,46). The number of imide groups is 1. The monoisotopic (exact) mass is 778 g/mol. The predicted molar refractivity (Wildman–Crippen MR) is 181 cm³/mol. The minimum absolute atomic E-state index is 0.0384. The average molecular weight is 780 g/mol. The molecule has 50 heavy (non-hydrogen) atoms. The molecule has 2 atom stereocenters. The molecule has 3 aromatic carbocycles. The predicted octanol–water partition coefficient (Wildman–Crippen LogP) is 10.2. The Morgan fingerprint density at radius 3 is 1.92 bits per heavy atom. The van der Waals surface area contributed by atoms with Crippen molar-refractivity contribution in [2.24, 2.45) is 5.92 Å². The quantitative estimate of drug-likeness (QED) is 0.146. The maximum Gasteiger partial charge on any atom is 0.424 e. The van der Waals surface area contributed by atoms with Crippen LogP contribution in [0.1, 0.15) is 68.9 Å². The molecule has 0 spiro atoms. The van der Waals surface area contributed by atoms with Crippen LogP contribution in [0.4, 0.5) is 38.5 Å². The number of carbonyl (C=O) groups excluding carboxylic acids is 4. The van der Waals surface area contributed by atoms with Gasteiger partial charge in [0.25, 0.3) is 0 Å². The van der Waals surface area contributed by atoms with E-state index in [0.29, 0.717) is 11.6 Å². The zero-order chi connectivity index (χ0) is 37.7. The minimum atomic E-state index is -1.63. The van der Waals surface area contributed by atoms with Gasteiger partial charge in [-0.05, 0) is 83.0 Å². The molecule has 4 rings (SSSR count). The number of amides is 3. The molecule has 1 saturated carbocycles. The van der Waals surface area contributed by atoms with Gasteiger partial charge in [0.2, 0.25) is 5.91 Å². The Hall–Kier alpha value is -3.58. The number of hydrogen-bond donors (Lipinski definition) is 1. The van der Waals surface area contributed by atoms with Gasteiger partial charge in [-0.3, -0.25) is 9.59 Å². The summed E-state index contributed by atoms with van der Waals surface area (Å²) in [6.45, 7) is 8.78. The number of Topliss-reactive ketones (excluding diaryl/α,β-unsaturated/α-hetero) is 1. The van der Waals surface area contributed by atoms with Gasteiger partial charge in [-0.2, -0.15) is 4.90 Å². The van der Waals surface area contributed by atoms with Gasteiger partial charge in [0, 0.05) is 23.6 Å². The van der Waals surface area contributed by atoms with Crippen molar-refractivity contribution in [1.29, 1.82) is 0 Å². The molecular weight excluding hydrogens is 750 g/mol. The lowest BCUT2D eigenvalue weighted by Gasteiger charge is -2.29. The number of alkyl halides is 2. The van der Waals surface area contributed by atoms with E-state index in [1.54, 1.807) is 0 Å². The third kappa shape index (κ3) is 8.65. The maximum absolute atomic E-state index is 16.0. The van der Waals surface area contributed by atoms with Crippen molar-refractivity contribution in [3.63, 3.8) is 0 Å². The van der Waals surface area contributed by atoms with Crippen molar-refractivity contribution in [1.82, 2.24) is 0 Å². The zero-order valence-electron chi connectivity index (χ0n) is 27.3. The first kappa shape index (κ1) is 39.2. The lowest BCUT2D eigenvalue weighted by molar-refractivity contribution is -0.117. The first-order valence-electron chi connectivity index (χ1n) is 14.8. The van der Waals surface area contributed by atoms with Crippen LogP contribution in [-0.4, -0.2) is 39.4 Å². The lowest BCUT2D eigenvalue weighted by Crippen LogP contribution is -2.44. The van der Waals surface area contributed by atoms with E-state index >= 15 is 8.78 Å². The second-order valence-corrected chi connectivity index (χ2v) is 15.6. The van der Waals surface area contributed by atoms with E-state index in [2.05, 4.69) is 5.32 Å². The fourth-order valence-corrected chi connectivity index (χ4v) is 6.15. The molecule has 1 aliphatic carbocycles. The number of rotatable bonds is 7. The molecule has 16 heteroatoms. The summed E-state index contributed by atoms with van der Waals surface area (Å²) in [6, 6.07) is 7.17. The van der Waals surface area contributed by atoms with Crippen LogP contribution in [0.5, 0.6) is 0 Å². The second kappa shape index (κ2) is 14.2. The highest BCUT2D eigenvalue weighted by Crippen LogP contribution is 2.65. The lowest BCUT2D eigenvalue weighted by atomic mass is 10.0. The van der Waals surface area contributed by atoms with Crippen LogP contribution in [0.25, 0.3) is 0 Å². The second-order valence-electron chi connectivity index (χ2n) is 13.4. The largest absolute Gasteiger partial charge is 0.443 e. The third-order valence-electron chi connectivity index (χ3n) is 7.11. The molecule has 0 radical (unpaired) electrons. The van der Waals surface area contributed by atoms with E-state index in [9.17, 15) is 28.0 Å². The number of hydrogen-bond acceptors (Lipinski definition) is 6. The highest BCUT2D eigenvalue weighted by Gasteiger charge is 2.67. The number of ether oxygens (including phenoxy) is 2. The zero-order valence-corrected chi connectivity index (χ0v) is 30.3. The van der Waals surface area contributed by atoms with Crippen LogP contribution in [0.15, 0.2) is 42.5 Å².